The fourth-order valence-electron chi connectivity index (χ4n) is 1.28. The predicted octanol–water partition coefficient (Wildman–Crippen LogP) is 1.15. The molecule has 16 heavy (non-hydrogen) atoms. The van der Waals surface area contributed by atoms with Crippen LogP contribution < -0.4 is 5.32 Å². The molecule has 0 saturated heterocycles. The van der Waals surface area contributed by atoms with Crippen molar-refractivity contribution in [1.82, 2.24) is 20.5 Å². The molecule has 2 rings (SSSR count). The van der Waals surface area contributed by atoms with E-state index >= 15 is 0 Å². The molecule has 0 spiro atoms. The lowest BCUT2D eigenvalue weighted by molar-refractivity contribution is 0.0944. The Morgan fingerprint density at radius 1 is 1.62 bits per heavy atom. The number of carbonyl (C=O) groups is 1. The number of thiophene rings is 1. The van der Waals surface area contributed by atoms with Gasteiger partial charge in [-0.25, -0.2) is 4.98 Å². The fourth-order valence-corrected chi connectivity index (χ4v) is 1.98. The Balaban J connectivity index is 1.80. The van der Waals surface area contributed by atoms with Crippen molar-refractivity contribution in [3.05, 3.63) is 34.0 Å². The van der Waals surface area contributed by atoms with E-state index in [2.05, 4.69) is 25.9 Å². The first-order valence-electron chi connectivity index (χ1n) is 4.94. The van der Waals surface area contributed by atoms with Crippen molar-refractivity contribution in [3.63, 3.8) is 0 Å². The van der Waals surface area contributed by atoms with E-state index in [4.69, 9.17) is 0 Å². The zero-order valence-electron chi connectivity index (χ0n) is 8.86. The highest BCUT2D eigenvalue weighted by Crippen LogP contribution is 2.05. The molecule has 1 amide bonds. The van der Waals surface area contributed by atoms with Crippen molar-refractivity contribution < 1.29 is 4.79 Å². The minimum absolute atomic E-state index is 0.197. The summed E-state index contributed by atoms with van der Waals surface area (Å²) in [6.45, 7) is 2.36. The van der Waals surface area contributed by atoms with Gasteiger partial charge in [0.25, 0.3) is 5.91 Å². The van der Waals surface area contributed by atoms with Crippen LogP contribution in [0.15, 0.2) is 16.8 Å². The van der Waals surface area contributed by atoms with E-state index in [0.717, 1.165) is 6.42 Å². The molecule has 2 heterocycles. The number of nitrogens with one attached hydrogen (secondary N) is 2. The molecule has 0 aliphatic heterocycles. The highest BCUT2D eigenvalue weighted by molar-refractivity contribution is 7.07. The lowest BCUT2D eigenvalue weighted by atomic mass is 10.2. The molecular formula is C10H12N4OS. The zero-order valence-corrected chi connectivity index (χ0v) is 9.67. The second kappa shape index (κ2) is 4.89. The molecule has 2 aromatic heterocycles. The van der Waals surface area contributed by atoms with Gasteiger partial charge in [0.1, 0.15) is 5.82 Å². The van der Waals surface area contributed by atoms with Crippen molar-refractivity contribution in [3.8, 4) is 0 Å². The summed E-state index contributed by atoms with van der Waals surface area (Å²) in [5.74, 6) is 0.602. The maximum atomic E-state index is 11.5. The van der Waals surface area contributed by atoms with Gasteiger partial charge in [0, 0.05) is 6.54 Å². The van der Waals surface area contributed by atoms with Crippen molar-refractivity contribution >= 4 is 17.2 Å². The average Bonchev–Trinajstić information content (AvgIpc) is 2.89. The largest absolute Gasteiger partial charge is 0.349 e. The van der Waals surface area contributed by atoms with E-state index in [9.17, 15) is 4.79 Å². The average molecular weight is 236 g/mol. The molecule has 5 nitrogen and oxygen atoms in total. The molecule has 0 saturated carbocycles. The van der Waals surface area contributed by atoms with Crippen LogP contribution in [0.5, 0.6) is 0 Å². The van der Waals surface area contributed by atoms with Gasteiger partial charge in [0.2, 0.25) is 5.82 Å². The number of nitrogens with zero attached hydrogens (tertiary/aromatic N) is 2. The summed E-state index contributed by atoms with van der Waals surface area (Å²) >= 11 is 1.66. The Morgan fingerprint density at radius 2 is 2.50 bits per heavy atom. The molecule has 2 N–H and O–H groups in total. The number of aromatic amines is 1. The molecule has 0 fully saturated rings. The second-order valence-corrected chi connectivity index (χ2v) is 4.16. The van der Waals surface area contributed by atoms with Crippen LogP contribution in [0.2, 0.25) is 0 Å². The SMILES string of the molecule is Cc1nc(C(=O)NCCc2ccsc2)n[nH]1. The number of carbonyl (C=O) groups excluding carboxylic acids is 1. The van der Waals surface area contributed by atoms with E-state index in [0.29, 0.717) is 12.4 Å². The molecule has 0 unspecified atom stereocenters. The molecule has 84 valence electrons. The number of amides is 1. The monoisotopic (exact) mass is 236 g/mol. The number of aryl methyl sites for hydroxylation is 1. The Hall–Kier alpha value is -1.69. The molecule has 0 aromatic carbocycles. The standard InChI is InChI=1S/C10H12N4OS/c1-7-12-9(14-13-7)10(15)11-4-2-8-3-5-16-6-8/h3,5-6H,2,4H2,1H3,(H,11,15)(H,12,13,14). The second-order valence-electron chi connectivity index (χ2n) is 3.38. The van der Waals surface area contributed by atoms with Crippen LogP contribution in [-0.2, 0) is 6.42 Å². The number of hydrogen-bond donors (Lipinski definition) is 2. The third kappa shape index (κ3) is 2.66. The Kier molecular flexibility index (Phi) is 3.31. The quantitative estimate of drug-likeness (QED) is 0.836. The summed E-state index contributed by atoms with van der Waals surface area (Å²) in [6, 6.07) is 2.05. The van der Waals surface area contributed by atoms with Gasteiger partial charge in [-0.1, -0.05) is 0 Å². The molecule has 0 atom stereocenters. The van der Waals surface area contributed by atoms with Gasteiger partial charge in [-0.05, 0) is 35.7 Å². The van der Waals surface area contributed by atoms with Gasteiger partial charge in [-0.2, -0.15) is 11.3 Å². The molecule has 0 aliphatic carbocycles. The van der Waals surface area contributed by atoms with E-state index in [1.165, 1.54) is 5.56 Å². The molecule has 0 radical (unpaired) electrons. The topological polar surface area (TPSA) is 70.7 Å². The summed E-state index contributed by atoms with van der Waals surface area (Å²) < 4.78 is 0. The number of hydrogen-bond acceptors (Lipinski definition) is 4. The summed E-state index contributed by atoms with van der Waals surface area (Å²) in [6.07, 6.45) is 0.832. The third-order valence-corrected chi connectivity index (χ3v) is 2.81. The molecule has 0 bridgehead atoms. The van der Waals surface area contributed by atoms with E-state index in [1.54, 1.807) is 18.3 Å². The smallest absolute Gasteiger partial charge is 0.290 e. The Morgan fingerprint density at radius 3 is 3.12 bits per heavy atom. The van der Waals surface area contributed by atoms with E-state index in [-0.39, 0.29) is 11.7 Å². The maximum Gasteiger partial charge on any atom is 0.290 e. The Labute approximate surface area is 96.9 Å². The first-order chi connectivity index (χ1) is 7.75. The van der Waals surface area contributed by atoms with Crippen LogP contribution in [0.4, 0.5) is 0 Å². The van der Waals surface area contributed by atoms with Crippen LogP contribution in [0.1, 0.15) is 22.0 Å². The molecule has 2 aromatic rings. The normalized spacial score (nSPS) is 10.3. The van der Waals surface area contributed by atoms with Crippen LogP contribution in [0.3, 0.4) is 0 Å². The fraction of sp³-hybridized carbons (Fsp3) is 0.300. The van der Waals surface area contributed by atoms with E-state index < -0.39 is 0 Å². The Bertz CT molecular complexity index is 463. The van der Waals surface area contributed by atoms with Gasteiger partial charge in [-0.15, -0.1) is 5.10 Å². The van der Waals surface area contributed by atoms with Crippen molar-refractivity contribution in [2.24, 2.45) is 0 Å². The van der Waals surface area contributed by atoms with Gasteiger partial charge in [0.15, 0.2) is 0 Å². The minimum Gasteiger partial charge on any atom is -0.349 e. The van der Waals surface area contributed by atoms with Crippen LogP contribution in [0, 0.1) is 6.92 Å². The van der Waals surface area contributed by atoms with E-state index in [1.807, 2.05) is 11.4 Å². The van der Waals surface area contributed by atoms with Crippen molar-refractivity contribution in [2.75, 3.05) is 6.54 Å². The first kappa shape index (κ1) is 10.8. The lowest BCUT2D eigenvalue weighted by Gasteiger charge is -2.00. The molecule has 0 aliphatic rings. The minimum atomic E-state index is -0.237. The maximum absolute atomic E-state index is 11.5. The van der Waals surface area contributed by atoms with Crippen LogP contribution in [0.25, 0.3) is 0 Å². The summed E-state index contributed by atoms with van der Waals surface area (Å²) in [7, 11) is 0. The predicted molar refractivity (Wildman–Crippen MR) is 61.5 cm³/mol. The lowest BCUT2D eigenvalue weighted by Crippen LogP contribution is -2.26. The zero-order chi connectivity index (χ0) is 11.4. The highest BCUT2D eigenvalue weighted by Gasteiger charge is 2.09. The van der Waals surface area contributed by atoms with Gasteiger partial charge >= 0.3 is 0 Å². The van der Waals surface area contributed by atoms with Crippen LogP contribution in [-0.4, -0.2) is 27.6 Å². The molecular weight excluding hydrogens is 224 g/mol. The summed E-state index contributed by atoms with van der Waals surface area (Å²) in [5, 5.41) is 13.3. The summed E-state index contributed by atoms with van der Waals surface area (Å²) in [4.78, 5) is 15.5. The number of rotatable bonds is 4. The molecule has 6 heteroatoms. The van der Waals surface area contributed by atoms with Crippen LogP contribution >= 0.6 is 11.3 Å². The van der Waals surface area contributed by atoms with Gasteiger partial charge in [0.05, 0.1) is 0 Å². The van der Waals surface area contributed by atoms with Crippen molar-refractivity contribution in [1.29, 1.82) is 0 Å². The van der Waals surface area contributed by atoms with Crippen molar-refractivity contribution in [2.45, 2.75) is 13.3 Å². The van der Waals surface area contributed by atoms with Gasteiger partial charge < -0.3 is 5.32 Å². The third-order valence-electron chi connectivity index (χ3n) is 2.08. The number of H-pyrrole nitrogens is 1. The van der Waals surface area contributed by atoms with Gasteiger partial charge in [-0.3, -0.25) is 9.89 Å². The highest BCUT2D eigenvalue weighted by atomic mass is 32.1. The first-order valence-corrected chi connectivity index (χ1v) is 5.88. The number of aromatic nitrogens is 3. The summed E-state index contributed by atoms with van der Waals surface area (Å²) in [5.41, 5.74) is 1.23.